The second-order valence-electron chi connectivity index (χ2n) is 4.46. The number of rotatable bonds is 1. The molecular formula is C12H16N+. The Kier molecular flexibility index (Phi) is 1.77. The van der Waals surface area contributed by atoms with Gasteiger partial charge in [0.1, 0.15) is 5.69 Å². The molecule has 1 aliphatic carbocycles. The number of benzene rings is 1. The van der Waals surface area contributed by atoms with Crippen LogP contribution >= 0.6 is 0 Å². The van der Waals surface area contributed by atoms with Crippen molar-refractivity contribution in [2.45, 2.75) is 6.42 Å². The molecule has 0 fully saturated rings. The van der Waals surface area contributed by atoms with Crippen LogP contribution in [0.25, 0.3) is 6.08 Å². The van der Waals surface area contributed by atoms with Crippen LogP contribution in [0.1, 0.15) is 11.1 Å². The summed E-state index contributed by atoms with van der Waals surface area (Å²) in [5.74, 6) is 0. The molecule has 68 valence electrons. The fraction of sp³-hybridized carbons (Fsp3) is 0.333. The number of allylic oxidation sites excluding steroid dienone is 1. The lowest BCUT2D eigenvalue weighted by molar-refractivity contribution is 0.483. The zero-order valence-corrected chi connectivity index (χ0v) is 8.54. The summed E-state index contributed by atoms with van der Waals surface area (Å²) < 4.78 is 0.908. The largest absolute Gasteiger partial charge is 0.298 e. The molecule has 0 aliphatic heterocycles. The summed E-state index contributed by atoms with van der Waals surface area (Å²) in [6.45, 7) is 0. The Morgan fingerprint density at radius 1 is 1.15 bits per heavy atom. The smallest absolute Gasteiger partial charge is 0.136 e. The molecule has 0 N–H and O–H groups in total. The van der Waals surface area contributed by atoms with Crippen molar-refractivity contribution >= 4 is 11.8 Å². The van der Waals surface area contributed by atoms with E-state index in [1.54, 1.807) is 0 Å². The van der Waals surface area contributed by atoms with E-state index < -0.39 is 0 Å². The fourth-order valence-electron chi connectivity index (χ4n) is 1.90. The summed E-state index contributed by atoms with van der Waals surface area (Å²) in [5, 5.41) is 0. The average molecular weight is 174 g/mol. The molecule has 0 aromatic heterocycles. The van der Waals surface area contributed by atoms with E-state index in [4.69, 9.17) is 0 Å². The van der Waals surface area contributed by atoms with Gasteiger partial charge in [0.15, 0.2) is 0 Å². The Labute approximate surface area is 79.9 Å². The summed E-state index contributed by atoms with van der Waals surface area (Å²) in [6, 6.07) is 6.57. The molecule has 1 nitrogen and oxygen atoms in total. The van der Waals surface area contributed by atoms with E-state index in [2.05, 4.69) is 51.5 Å². The molecule has 0 saturated heterocycles. The molecule has 0 bridgehead atoms. The molecule has 0 saturated carbocycles. The molecule has 1 aliphatic rings. The van der Waals surface area contributed by atoms with Crippen molar-refractivity contribution in [3.8, 4) is 0 Å². The minimum Gasteiger partial charge on any atom is -0.298 e. The van der Waals surface area contributed by atoms with Crippen LogP contribution in [-0.4, -0.2) is 21.1 Å². The lowest BCUT2D eigenvalue weighted by Gasteiger charge is -2.25. The summed E-state index contributed by atoms with van der Waals surface area (Å²) >= 11 is 0. The molecular weight excluding hydrogens is 158 g/mol. The van der Waals surface area contributed by atoms with Gasteiger partial charge in [-0.1, -0.05) is 24.3 Å². The maximum atomic E-state index is 2.24. The van der Waals surface area contributed by atoms with Gasteiger partial charge in [-0.15, -0.1) is 0 Å². The van der Waals surface area contributed by atoms with Crippen LogP contribution in [0, 0.1) is 0 Å². The predicted molar refractivity (Wildman–Crippen MR) is 58.7 cm³/mol. The van der Waals surface area contributed by atoms with E-state index in [1.165, 1.54) is 16.8 Å². The first-order chi connectivity index (χ1) is 6.09. The van der Waals surface area contributed by atoms with Crippen LogP contribution in [-0.2, 0) is 6.42 Å². The Morgan fingerprint density at radius 2 is 1.92 bits per heavy atom. The van der Waals surface area contributed by atoms with Crippen molar-refractivity contribution in [1.29, 1.82) is 0 Å². The first-order valence-corrected chi connectivity index (χ1v) is 4.69. The molecule has 1 aromatic carbocycles. The molecule has 13 heavy (non-hydrogen) atoms. The Balaban J connectivity index is 2.57. The van der Waals surface area contributed by atoms with Gasteiger partial charge in [-0.05, 0) is 18.1 Å². The molecule has 0 spiro atoms. The third-order valence-electron chi connectivity index (χ3n) is 2.53. The molecule has 0 unspecified atom stereocenters. The topological polar surface area (TPSA) is 0 Å². The van der Waals surface area contributed by atoms with Gasteiger partial charge in [-0.3, -0.25) is 4.48 Å². The summed E-state index contributed by atoms with van der Waals surface area (Å²) in [5.41, 5.74) is 4.32. The molecule has 0 heterocycles. The van der Waals surface area contributed by atoms with Crippen LogP contribution in [0.2, 0.25) is 0 Å². The molecule has 0 atom stereocenters. The summed E-state index contributed by atoms with van der Waals surface area (Å²) in [4.78, 5) is 0. The van der Waals surface area contributed by atoms with Gasteiger partial charge in [0.25, 0.3) is 0 Å². The maximum Gasteiger partial charge on any atom is 0.136 e. The highest BCUT2D eigenvalue weighted by atomic mass is 15.3. The van der Waals surface area contributed by atoms with Gasteiger partial charge in [0.05, 0.1) is 21.1 Å². The highest BCUT2D eigenvalue weighted by Crippen LogP contribution is 2.30. The van der Waals surface area contributed by atoms with Crippen molar-refractivity contribution < 1.29 is 0 Å². The van der Waals surface area contributed by atoms with Crippen molar-refractivity contribution in [3.63, 3.8) is 0 Å². The van der Waals surface area contributed by atoms with Crippen molar-refractivity contribution in [3.05, 3.63) is 35.4 Å². The quantitative estimate of drug-likeness (QED) is 0.574. The monoisotopic (exact) mass is 174 g/mol. The second kappa shape index (κ2) is 2.71. The first-order valence-electron chi connectivity index (χ1n) is 4.69. The van der Waals surface area contributed by atoms with E-state index in [9.17, 15) is 0 Å². The molecule has 1 heteroatoms. The number of quaternary nitrogens is 1. The highest BCUT2D eigenvalue weighted by molar-refractivity contribution is 5.68. The number of fused-ring (bicyclic) bond motifs is 1. The summed E-state index contributed by atoms with van der Waals surface area (Å²) in [7, 11) is 6.65. The lowest BCUT2D eigenvalue weighted by Crippen LogP contribution is -2.35. The fourth-order valence-corrected chi connectivity index (χ4v) is 1.90. The standard InChI is InChI=1S/C12H16N/c1-13(2,3)12-9-5-7-10-6-4-8-11(10)12/h4-7,9H,8H2,1-3H3/q+1. The van der Waals surface area contributed by atoms with E-state index in [0.29, 0.717) is 0 Å². The second-order valence-corrected chi connectivity index (χ2v) is 4.46. The minimum absolute atomic E-state index is 0.908. The van der Waals surface area contributed by atoms with Gasteiger partial charge < -0.3 is 0 Å². The average Bonchev–Trinajstić information content (AvgIpc) is 2.48. The zero-order chi connectivity index (χ0) is 9.47. The minimum atomic E-state index is 0.908. The van der Waals surface area contributed by atoms with Gasteiger partial charge >= 0.3 is 0 Å². The van der Waals surface area contributed by atoms with Gasteiger partial charge in [-0.2, -0.15) is 0 Å². The Morgan fingerprint density at radius 3 is 2.62 bits per heavy atom. The molecule has 2 rings (SSSR count). The van der Waals surface area contributed by atoms with E-state index >= 15 is 0 Å². The lowest BCUT2D eigenvalue weighted by atomic mass is 10.1. The van der Waals surface area contributed by atoms with E-state index in [-0.39, 0.29) is 0 Å². The maximum absolute atomic E-state index is 2.24. The van der Waals surface area contributed by atoms with Gasteiger partial charge in [-0.25, -0.2) is 0 Å². The van der Waals surface area contributed by atoms with Crippen LogP contribution < -0.4 is 4.48 Å². The van der Waals surface area contributed by atoms with Gasteiger partial charge in [0, 0.05) is 5.56 Å². The Hall–Kier alpha value is -1.08. The predicted octanol–water partition coefficient (Wildman–Crippen LogP) is 2.45. The van der Waals surface area contributed by atoms with Crippen molar-refractivity contribution in [1.82, 2.24) is 4.48 Å². The van der Waals surface area contributed by atoms with Crippen LogP contribution in [0.4, 0.5) is 5.69 Å². The SMILES string of the molecule is C[N+](C)(C)c1cccc2c1CC=C2. The normalized spacial score (nSPS) is 14.7. The van der Waals surface area contributed by atoms with Crippen molar-refractivity contribution in [2.24, 2.45) is 0 Å². The first kappa shape index (κ1) is 8.52. The van der Waals surface area contributed by atoms with Crippen LogP contribution in [0.15, 0.2) is 24.3 Å². The number of nitrogens with zero attached hydrogens (tertiary/aromatic N) is 1. The molecule has 0 amide bonds. The zero-order valence-electron chi connectivity index (χ0n) is 8.54. The third-order valence-corrected chi connectivity index (χ3v) is 2.53. The van der Waals surface area contributed by atoms with Crippen LogP contribution in [0.5, 0.6) is 0 Å². The third kappa shape index (κ3) is 1.40. The Bertz CT molecular complexity index is 356. The highest BCUT2D eigenvalue weighted by Gasteiger charge is 2.20. The number of hydrogen-bond acceptors (Lipinski definition) is 0. The molecule has 1 aromatic rings. The van der Waals surface area contributed by atoms with Crippen LogP contribution in [0.3, 0.4) is 0 Å². The summed E-state index contributed by atoms with van der Waals surface area (Å²) in [6.07, 6.45) is 5.55. The van der Waals surface area contributed by atoms with E-state index in [0.717, 1.165) is 10.9 Å². The van der Waals surface area contributed by atoms with E-state index in [1.807, 2.05) is 0 Å². The van der Waals surface area contributed by atoms with Crippen molar-refractivity contribution in [2.75, 3.05) is 21.1 Å². The van der Waals surface area contributed by atoms with Gasteiger partial charge in [0.2, 0.25) is 0 Å². The number of hydrogen-bond donors (Lipinski definition) is 0. The molecule has 0 radical (unpaired) electrons.